The number of nitrogens with zero attached hydrogens (tertiary/aromatic N) is 1. The van der Waals surface area contributed by atoms with Gasteiger partial charge in [-0.25, -0.2) is 4.39 Å². The number of nitrogens with one attached hydrogen (secondary N) is 1. The van der Waals surface area contributed by atoms with Crippen LogP contribution in [-0.2, 0) is 0 Å². The van der Waals surface area contributed by atoms with Crippen molar-refractivity contribution in [2.24, 2.45) is 0 Å². The molecule has 0 unspecified atom stereocenters. The Morgan fingerprint density at radius 2 is 1.86 bits per heavy atom. The zero-order valence-corrected chi connectivity index (χ0v) is 8.29. The molecule has 1 atom stereocenters. The van der Waals surface area contributed by atoms with E-state index in [0.29, 0.717) is 0 Å². The number of benzene rings is 1. The molecule has 0 saturated carbocycles. The maximum atomic E-state index is 12.6. The number of halogens is 1. The van der Waals surface area contributed by atoms with Gasteiger partial charge in [0.15, 0.2) is 0 Å². The van der Waals surface area contributed by atoms with E-state index in [1.54, 1.807) is 12.1 Å². The van der Waals surface area contributed by atoms with Gasteiger partial charge >= 0.3 is 0 Å². The second-order valence-corrected chi connectivity index (χ2v) is 3.44. The van der Waals surface area contributed by atoms with Crippen molar-refractivity contribution in [3.05, 3.63) is 35.6 Å². The van der Waals surface area contributed by atoms with E-state index in [1.165, 1.54) is 12.1 Å². The van der Waals surface area contributed by atoms with Crippen LogP contribution >= 0.6 is 0 Å². The highest BCUT2D eigenvalue weighted by Gasteiger charge is 2.10. The van der Waals surface area contributed by atoms with Gasteiger partial charge in [-0.3, -0.25) is 5.32 Å². The summed E-state index contributed by atoms with van der Waals surface area (Å²) < 4.78 is 12.6. The minimum atomic E-state index is -0.365. The first-order valence-corrected chi connectivity index (χ1v) is 4.54. The highest BCUT2D eigenvalue weighted by atomic mass is 19.1. The normalized spacial score (nSPS) is 12.5. The zero-order chi connectivity index (χ0) is 10.6. The van der Waals surface area contributed by atoms with Crippen molar-refractivity contribution in [3.8, 4) is 6.07 Å². The molecule has 1 rings (SSSR count). The van der Waals surface area contributed by atoms with E-state index < -0.39 is 0 Å². The first kappa shape index (κ1) is 10.7. The van der Waals surface area contributed by atoms with Crippen LogP contribution < -0.4 is 5.32 Å². The highest BCUT2D eigenvalue weighted by Crippen LogP contribution is 2.13. The number of hydrogen-bond donors (Lipinski definition) is 1. The molecular formula is C11H13FN2. The fraction of sp³-hybridized carbons (Fsp3) is 0.364. The Labute approximate surface area is 83.4 Å². The number of nitriles is 1. The number of hydrogen-bond acceptors (Lipinski definition) is 2. The molecule has 3 heteroatoms. The summed E-state index contributed by atoms with van der Waals surface area (Å²) in [6.07, 6.45) is 0. The van der Waals surface area contributed by atoms with E-state index in [4.69, 9.17) is 5.26 Å². The largest absolute Gasteiger partial charge is 0.296 e. The molecule has 0 fully saturated rings. The molecule has 14 heavy (non-hydrogen) atoms. The molecule has 0 amide bonds. The summed E-state index contributed by atoms with van der Waals surface area (Å²) in [6.45, 7) is 3.93. The highest BCUT2D eigenvalue weighted by molar-refractivity contribution is 5.24. The predicted octanol–water partition coefficient (Wildman–Crippen LogP) is 2.39. The van der Waals surface area contributed by atoms with E-state index in [2.05, 4.69) is 11.4 Å². The van der Waals surface area contributed by atoms with Gasteiger partial charge in [0.1, 0.15) is 11.9 Å². The lowest BCUT2D eigenvalue weighted by Gasteiger charge is -2.14. The van der Waals surface area contributed by atoms with E-state index in [1.807, 2.05) is 13.8 Å². The van der Waals surface area contributed by atoms with Crippen LogP contribution in [0.25, 0.3) is 0 Å². The quantitative estimate of drug-likeness (QED) is 0.798. The maximum absolute atomic E-state index is 12.6. The van der Waals surface area contributed by atoms with E-state index >= 15 is 0 Å². The van der Waals surface area contributed by atoms with Crippen molar-refractivity contribution in [1.82, 2.24) is 5.32 Å². The van der Waals surface area contributed by atoms with Gasteiger partial charge in [0.2, 0.25) is 0 Å². The van der Waals surface area contributed by atoms with E-state index in [-0.39, 0.29) is 17.9 Å². The molecule has 1 aromatic carbocycles. The van der Waals surface area contributed by atoms with Crippen molar-refractivity contribution in [3.63, 3.8) is 0 Å². The molecule has 0 heterocycles. The van der Waals surface area contributed by atoms with Crippen LogP contribution in [0, 0.1) is 17.1 Å². The Hall–Kier alpha value is -1.40. The summed E-state index contributed by atoms with van der Waals surface area (Å²) in [5, 5.41) is 12.0. The van der Waals surface area contributed by atoms with Crippen LogP contribution in [0.1, 0.15) is 25.5 Å². The van der Waals surface area contributed by atoms with E-state index in [0.717, 1.165) is 5.56 Å². The van der Waals surface area contributed by atoms with Gasteiger partial charge < -0.3 is 0 Å². The second-order valence-electron chi connectivity index (χ2n) is 3.44. The van der Waals surface area contributed by atoms with Crippen LogP contribution in [0.15, 0.2) is 24.3 Å². The Bertz CT molecular complexity index is 324. The van der Waals surface area contributed by atoms with Crippen LogP contribution in [0.5, 0.6) is 0 Å². The van der Waals surface area contributed by atoms with Crippen molar-refractivity contribution in [1.29, 1.82) is 5.26 Å². The van der Waals surface area contributed by atoms with Gasteiger partial charge in [-0.05, 0) is 31.5 Å². The summed E-state index contributed by atoms with van der Waals surface area (Å²) in [7, 11) is 0. The molecule has 0 radical (unpaired) electrons. The van der Waals surface area contributed by atoms with Crippen LogP contribution in [0.2, 0.25) is 0 Å². The van der Waals surface area contributed by atoms with Gasteiger partial charge in [0.05, 0.1) is 6.07 Å². The Morgan fingerprint density at radius 3 is 2.29 bits per heavy atom. The zero-order valence-electron chi connectivity index (χ0n) is 8.29. The fourth-order valence-corrected chi connectivity index (χ4v) is 1.20. The molecule has 0 aliphatic rings. The molecular weight excluding hydrogens is 179 g/mol. The third kappa shape index (κ3) is 2.82. The Balaban J connectivity index is 2.80. The van der Waals surface area contributed by atoms with Crippen LogP contribution in [0.4, 0.5) is 4.39 Å². The third-order valence-corrected chi connectivity index (χ3v) is 1.83. The summed E-state index contributed by atoms with van der Waals surface area (Å²) in [5.41, 5.74) is 0.794. The molecule has 0 spiro atoms. The lowest BCUT2D eigenvalue weighted by molar-refractivity contribution is 0.545. The minimum absolute atomic E-state index is 0.227. The maximum Gasteiger partial charge on any atom is 0.123 e. The van der Waals surface area contributed by atoms with E-state index in [9.17, 15) is 4.39 Å². The monoisotopic (exact) mass is 192 g/mol. The van der Waals surface area contributed by atoms with Crippen molar-refractivity contribution < 1.29 is 4.39 Å². The fourth-order valence-electron chi connectivity index (χ4n) is 1.20. The van der Waals surface area contributed by atoms with Gasteiger partial charge in [-0.15, -0.1) is 0 Å². The predicted molar refractivity (Wildman–Crippen MR) is 53.0 cm³/mol. The standard InChI is InChI=1S/C11H13FN2/c1-8(2)14-11(7-13)9-3-5-10(12)6-4-9/h3-6,8,11,14H,1-2H3/t11-/m1/s1. The van der Waals surface area contributed by atoms with Gasteiger partial charge in [-0.2, -0.15) is 5.26 Å². The topological polar surface area (TPSA) is 35.8 Å². The smallest absolute Gasteiger partial charge is 0.123 e. The van der Waals surface area contributed by atoms with Crippen molar-refractivity contribution in [2.75, 3.05) is 0 Å². The first-order valence-electron chi connectivity index (χ1n) is 4.54. The minimum Gasteiger partial charge on any atom is -0.296 e. The lowest BCUT2D eigenvalue weighted by Crippen LogP contribution is -2.27. The molecule has 0 bridgehead atoms. The third-order valence-electron chi connectivity index (χ3n) is 1.83. The van der Waals surface area contributed by atoms with Crippen molar-refractivity contribution >= 4 is 0 Å². The number of rotatable bonds is 3. The van der Waals surface area contributed by atoms with Crippen LogP contribution in [-0.4, -0.2) is 6.04 Å². The molecule has 0 aromatic heterocycles. The van der Waals surface area contributed by atoms with Gasteiger partial charge in [0.25, 0.3) is 0 Å². The molecule has 0 aliphatic heterocycles. The summed E-state index contributed by atoms with van der Waals surface area (Å²) >= 11 is 0. The molecule has 74 valence electrons. The van der Waals surface area contributed by atoms with Crippen molar-refractivity contribution in [2.45, 2.75) is 25.9 Å². The molecule has 2 nitrogen and oxygen atoms in total. The first-order chi connectivity index (χ1) is 6.63. The second kappa shape index (κ2) is 4.73. The van der Waals surface area contributed by atoms with Crippen LogP contribution in [0.3, 0.4) is 0 Å². The average molecular weight is 192 g/mol. The average Bonchev–Trinajstić information content (AvgIpc) is 2.15. The molecule has 1 aromatic rings. The Morgan fingerprint density at radius 1 is 1.29 bits per heavy atom. The summed E-state index contributed by atoms with van der Waals surface area (Å²) in [6, 6.07) is 7.97. The Kier molecular flexibility index (Phi) is 3.61. The SMILES string of the molecule is CC(C)N[C@H](C#N)c1ccc(F)cc1. The molecule has 1 N–H and O–H groups in total. The summed E-state index contributed by atoms with van der Waals surface area (Å²) in [5.74, 6) is -0.282. The lowest BCUT2D eigenvalue weighted by atomic mass is 10.1. The molecule has 0 aliphatic carbocycles. The molecule has 0 saturated heterocycles. The summed E-state index contributed by atoms with van der Waals surface area (Å²) in [4.78, 5) is 0. The van der Waals surface area contributed by atoms with Gasteiger partial charge in [-0.1, -0.05) is 12.1 Å². The van der Waals surface area contributed by atoms with Gasteiger partial charge in [0, 0.05) is 6.04 Å².